The fourth-order valence-electron chi connectivity index (χ4n) is 2.04. The minimum atomic E-state index is -0.230. The van der Waals surface area contributed by atoms with Crippen LogP contribution in [-0.4, -0.2) is 50.5 Å². The Morgan fingerprint density at radius 1 is 1.43 bits per heavy atom. The smallest absolute Gasteiger partial charge is 0.156 e. The summed E-state index contributed by atoms with van der Waals surface area (Å²) in [6.07, 6.45) is 0.931. The van der Waals surface area contributed by atoms with Crippen molar-refractivity contribution < 1.29 is 9.47 Å². The SMILES string of the molecule is N#CC1CN(CC2CCOC2)CCO1. The number of nitriles is 1. The average molecular weight is 196 g/mol. The molecule has 0 N–H and O–H groups in total. The molecule has 0 aromatic rings. The Morgan fingerprint density at radius 2 is 2.36 bits per heavy atom. The van der Waals surface area contributed by atoms with Gasteiger partial charge in [0, 0.05) is 26.2 Å². The normalized spacial score (nSPS) is 34.2. The summed E-state index contributed by atoms with van der Waals surface area (Å²) in [5, 5.41) is 8.74. The molecule has 0 aromatic heterocycles. The number of morpholine rings is 1. The standard InChI is InChI=1S/C10H16N2O2/c11-5-10-7-12(2-4-14-10)6-9-1-3-13-8-9/h9-10H,1-4,6-8H2. The minimum absolute atomic E-state index is 0.230. The van der Waals surface area contributed by atoms with Crippen LogP contribution in [0.3, 0.4) is 0 Å². The molecular weight excluding hydrogens is 180 g/mol. The summed E-state index contributed by atoms with van der Waals surface area (Å²) in [6, 6.07) is 2.16. The predicted octanol–water partition coefficient (Wildman–Crippen LogP) is 0.247. The van der Waals surface area contributed by atoms with Gasteiger partial charge in [-0.3, -0.25) is 4.90 Å². The van der Waals surface area contributed by atoms with Gasteiger partial charge in [-0.15, -0.1) is 0 Å². The molecule has 78 valence electrons. The van der Waals surface area contributed by atoms with Crippen molar-refractivity contribution in [2.24, 2.45) is 5.92 Å². The summed E-state index contributed by atoms with van der Waals surface area (Å²) in [6.45, 7) is 5.24. The molecule has 2 atom stereocenters. The molecule has 2 saturated heterocycles. The van der Waals surface area contributed by atoms with Gasteiger partial charge in [0.25, 0.3) is 0 Å². The van der Waals surface area contributed by atoms with Crippen LogP contribution in [0.25, 0.3) is 0 Å². The zero-order valence-corrected chi connectivity index (χ0v) is 8.32. The molecule has 0 aliphatic carbocycles. The van der Waals surface area contributed by atoms with E-state index in [-0.39, 0.29) is 6.10 Å². The second-order valence-electron chi connectivity index (χ2n) is 3.98. The van der Waals surface area contributed by atoms with E-state index in [1.807, 2.05) is 0 Å². The highest BCUT2D eigenvalue weighted by Gasteiger charge is 2.24. The van der Waals surface area contributed by atoms with Crippen molar-refractivity contribution in [3.05, 3.63) is 0 Å². The number of hydrogen-bond acceptors (Lipinski definition) is 4. The molecule has 2 rings (SSSR count). The molecule has 0 saturated carbocycles. The van der Waals surface area contributed by atoms with Crippen molar-refractivity contribution in [2.75, 3.05) is 39.5 Å². The van der Waals surface area contributed by atoms with E-state index in [1.165, 1.54) is 0 Å². The lowest BCUT2D eigenvalue weighted by Crippen LogP contribution is -2.44. The lowest BCUT2D eigenvalue weighted by molar-refractivity contribution is -0.00548. The third-order valence-electron chi connectivity index (χ3n) is 2.83. The first-order valence-corrected chi connectivity index (χ1v) is 5.20. The first-order chi connectivity index (χ1) is 6.88. The van der Waals surface area contributed by atoms with Crippen LogP contribution in [-0.2, 0) is 9.47 Å². The Labute approximate surface area is 84.4 Å². The van der Waals surface area contributed by atoms with E-state index in [4.69, 9.17) is 14.7 Å². The van der Waals surface area contributed by atoms with Crippen LogP contribution in [0.4, 0.5) is 0 Å². The van der Waals surface area contributed by atoms with Crippen LogP contribution < -0.4 is 0 Å². The quantitative estimate of drug-likeness (QED) is 0.635. The van der Waals surface area contributed by atoms with E-state index < -0.39 is 0 Å². The molecule has 4 heteroatoms. The van der Waals surface area contributed by atoms with E-state index in [9.17, 15) is 0 Å². The molecule has 0 spiro atoms. The van der Waals surface area contributed by atoms with E-state index in [0.717, 1.165) is 39.3 Å². The van der Waals surface area contributed by atoms with Crippen molar-refractivity contribution in [1.29, 1.82) is 5.26 Å². The summed E-state index contributed by atoms with van der Waals surface area (Å²) < 4.78 is 10.6. The van der Waals surface area contributed by atoms with Gasteiger partial charge >= 0.3 is 0 Å². The first kappa shape index (κ1) is 9.91. The van der Waals surface area contributed by atoms with E-state index in [1.54, 1.807) is 0 Å². The van der Waals surface area contributed by atoms with E-state index >= 15 is 0 Å². The zero-order chi connectivity index (χ0) is 9.80. The number of hydrogen-bond donors (Lipinski definition) is 0. The molecule has 0 aromatic carbocycles. The second kappa shape index (κ2) is 4.74. The number of nitrogens with zero attached hydrogens (tertiary/aromatic N) is 2. The molecule has 4 nitrogen and oxygen atoms in total. The molecule has 2 unspecified atom stereocenters. The van der Waals surface area contributed by atoms with Gasteiger partial charge in [0.2, 0.25) is 0 Å². The molecule has 2 aliphatic rings. The maximum Gasteiger partial charge on any atom is 0.156 e. The van der Waals surface area contributed by atoms with Crippen LogP contribution in [0.5, 0.6) is 0 Å². The lowest BCUT2D eigenvalue weighted by Gasteiger charge is -2.31. The third kappa shape index (κ3) is 2.44. The largest absolute Gasteiger partial charge is 0.381 e. The van der Waals surface area contributed by atoms with Gasteiger partial charge in [-0.05, 0) is 12.3 Å². The van der Waals surface area contributed by atoms with E-state index in [2.05, 4.69) is 11.0 Å². The molecule has 14 heavy (non-hydrogen) atoms. The maximum atomic E-state index is 8.74. The van der Waals surface area contributed by atoms with Crippen LogP contribution >= 0.6 is 0 Å². The first-order valence-electron chi connectivity index (χ1n) is 5.20. The minimum Gasteiger partial charge on any atom is -0.381 e. The van der Waals surface area contributed by atoms with Crippen LogP contribution in [0.15, 0.2) is 0 Å². The number of ether oxygens (including phenoxy) is 2. The summed E-state index contributed by atoms with van der Waals surface area (Å²) in [5.41, 5.74) is 0. The Hall–Kier alpha value is -0.630. The van der Waals surface area contributed by atoms with Gasteiger partial charge in [-0.2, -0.15) is 5.26 Å². The van der Waals surface area contributed by atoms with Crippen LogP contribution in [0.1, 0.15) is 6.42 Å². The van der Waals surface area contributed by atoms with Crippen molar-refractivity contribution in [2.45, 2.75) is 12.5 Å². The average Bonchev–Trinajstić information content (AvgIpc) is 2.71. The topological polar surface area (TPSA) is 45.5 Å². The molecule has 2 aliphatic heterocycles. The molecular formula is C10H16N2O2. The maximum absolute atomic E-state index is 8.74. The molecule has 2 heterocycles. The molecule has 0 radical (unpaired) electrons. The predicted molar refractivity (Wildman–Crippen MR) is 50.7 cm³/mol. The number of rotatable bonds is 2. The monoisotopic (exact) mass is 196 g/mol. The summed E-state index contributed by atoms with van der Waals surface area (Å²) in [5.74, 6) is 0.660. The van der Waals surface area contributed by atoms with Crippen LogP contribution in [0, 0.1) is 17.2 Å². The Morgan fingerprint density at radius 3 is 3.07 bits per heavy atom. The highest BCUT2D eigenvalue weighted by atomic mass is 16.5. The highest BCUT2D eigenvalue weighted by molar-refractivity contribution is 4.89. The Kier molecular flexibility index (Phi) is 3.35. The fraction of sp³-hybridized carbons (Fsp3) is 0.900. The van der Waals surface area contributed by atoms with Gasteiger partial charge in [0.15, 0.2) is 6.10 Å². The second-order valence-corrected chi connectivity index (χ2v) is 3.98. The van der Waals surface area contributed by atoms with Gasteiger partial charge < -0.3 is 9.47 Å². The highest BCUT2D eigenvalue weighted by Crippen LogP contribution is 2.15. The lowest BCUT2D eigenvalue weighted by atomic mass is 10.1. The van der Waals surface area contributed by atoms with Crippen LogP contribution in [0.2, 0.25) is 0 Å². The molecule has 0 bridgehead atoms. The van der Waals surface area contributed by atoms with Gasteiger partial charge in [0.1, 0.15) is 0 Å². The molecule has 0 amide bonds. The summed E-state index contributed by atoms with van der Waals surface area (Å²) in [7, 11) is 0. The van der Waals surface area contributed by atoms with Crippen molar-refractivity contribution in [3.63, 3.8) is 0 Å². The third-order valence-corrected chi connectivity index (χ3v) is 2.83. The van der Waals surface area contributed by atoms with Gasteiger partial charge in [-0.25, -0.2) is 0 Å². The van der Waals surface area contributed by atoms with Crippen molar-refractivity contribution in [3.8, 4) is 6.07 Å². The zero-order valence-electron chi connectivity index (χ0n) is 8.32. The van der Waals surface area contributed by atoms with Crippen molar-refractivity contribution >= 4 is 0 Å². The summed E-state index contributed by atoms with van der Waals surface area (Å²) >= 11 is 0. The molecule has 2 fully saturated rings. The Bertz CT molecular complexity index is 221. The summed E-state index contributed by atoms with van der Waals surface area (Å²) in [4.78, 5) is 2.32. The Balaban J connectivity index is 1.77. The fourth-order valence-corrected chi connectivity index (χ4v) is 2.04. The van der Waals surface area contributed by atoms with E-state index in [0.29, 0.717) is 12.5 Å². The van der Waals surface area contributed by atoms with Gasteiger partial charge in [-0.1, -0.05) is 0 Å². The van der Waals surface area contributed by atoms with Crippen molar-refractivity contribution in [1.82, 2.24) is 4.90 Å². The van der Waals surface area contributed by atoms with Gasteiger partial charge in [0.05, 0.1) is 19.3 Å².